The molecular weight excluding hydrogens is 865 g/mol. The summed E-state index contributed by atoms with van der Waals surface area (Å²) in [6.07, 6.45) is 3.01. The third-order valence-corrected chi connectivity index (χ3v) is 13.4. The minimum absolute atomic E-state index is 0.0130. The molecule has 0 unspecified atom stereocenters. The van der Waals surface area contributed by atoms with E-state index in [2.05, 4.69) is 0 Å². The van der Waals surface area contributed by atoms with Gasteiger partial charge in [-0.3, -0.25) is 9.59 Å². The maximum Gasteiger partial charge on any atom is 0.250 e. The van der Waals surface area contributed by atoms with Gasteiger partial charge in [-0.1, -0.05) is 48.5 Å². The number of aldehydes is 1. The normalized spacial score (nSPS) is 11.4. The maximum atomic E-state index is 13.6. The molecule has 64 heavy (non-hydrogen) atoms. The molecule has 0 radical (unpaired) electrons. The second-order valence-electron chi connectivity index (χ2n) is 14.1. The second-order valence-corrected chi connectivity index (χ2v) is 18.0. The van der Waals surface area contributed by atoms with Gasteiger partial charge in [-0.25, -0.2) is 16.8 Å². The van der Waals surface area contributed by atoms with Crippen LogP contribution in [-0.4, -0.2) is 81.0 Å². The number of pyridine rings is 2. The van der Waals surface area contributed by atoms with Gasteiger partial charge in [0.05, 0.1) is 51.4 Å². The van der Waals surface area contributed by atoms with E-state index in [1.54, 1.807) is 101 Å². The fourth-order valence-electron chi connectivity index (χ4n) is 6.32. The summed E-state index contributed by atoms with van der Waals surface area (Å²) >= 11 is 0. The van der Waals surface area contributed by atoms with Crippen LogP contribution in [0.2, 0.25) is 0 Å². The first-order valence-corrected chi connectivity index (χ1v) is 22.6. The number of sulfonamides is 2. The second kappa shape index (κ2) is 22.7. The lowest BCUT2D eigenvalue weighted by molar-refractivity contribution is -0.108. The zero-order chi connectivity index (χ0) is 46.3. The molecule has 0 aliphatic carbocycles. The number of hydrogen-bond donors (Lipinski definition) is 1. The van der Waals surface area contributed by atoms with Crippen LogP contribution in [0.15, 0.2) is 153 Å². The molecule has 6 aromatic rings. The molecule has 2 heterocycles. The highest BCUT2D eigenvalue weighted by Crippen LogP contribution is 2.25. The third kappa shape index (κ3) is 12.8. The molecule has 1 N–H and O–H groups in total. The number of hydrogen-bond acceptors (Lipinski definition) is 12. The van der Waals surface area contributed by atoms with Gasteiger partial charge in [0.2, 0.25) is 20.0 Å². The molecule has 0 aliphatic heterocycles. The number of methoxy groups -OCH3 is 4. The van der Waals surface area contributed by atoms with Gasteiger partial charge in [-0.2, -0.15) is 8.61 Å². The van der Waals surface area contributed by atoms with Crippen molar-refractivity contribution in [2.45, 2.75) is 49.1 Å². The highest BCUT2D eigenvalue weighted by Gasteiger charge is 2.27. The van der Waals surface area contributed by atoms with Crippen molar-refractivity contribution in [3.63, 3.8) is 0 Å². The molecule has 338 valence electrons. The lowest BCUT2D eigenvalue weighted by atomic mass is 10.2. The zero-order valence-corrected chi connectivity index (χ0v) is 37.4. The molecule has 0 atom stereocenters. The Labute approximate surface area is 372 Å². The number of rotatable bonds is 20. The molecule has 0 fully saturated rings. The molecule has 6 rings (SSSR count). The smallest absolute Gasteiger partial charge is 0.250 e. The number of aromatic nitrogens is 2. The van der Waals surface area contributed by atoms with Crippen molar-refractivity contribution in [1.29, 1.82) is 0 Å². The number of ether oxygens (including phenoxy) is 4. The molecule has 0 amide bonds. The van der Waals surface area contributed by atoms with Crippen LogP contribution in [0.1, 0.15) is 22.3 Å². The predicted octanol–water partition coefficient (Wildman–Crippen LogP) is 4.70. The van der Waals surface area contributed by atoms with Gasteiger partial charge in [0.25, 0.3) is 11.1 Å². The third-order valence-electron chi connectivity index (χ3n) is 9.87. The van der Waals surface area contributed by atoms with Crippen molar-refractivity contribution >= 4 is 26.3 Å². The van der Waals surface area contributed by atoms with Gasteiger partial charge in [0.15, 0.2) is 0 Å². The van der Waals surface area contributed by atoms with E-state index in [9.17, 15) is 36.3 Å². The van der Waals surface area contributed by atoms with Crippen molar-refractivity contribution < 1.29 is 45.7 Å². The van der Waals surface area contributed by atoms with Crippen molar-refractivity contribution in [3.05, 3.63) is 177 Å². The van der Waals surface area contributed by atoms with Crippen molar-refractivity contribution in [2.75, 3.05) is 35.0 Å². The van der Waals surface area contributed by atoms with E-state index in [4.69, 9.17) is 18.9 Å². The summed E-state index contributed by atoms with van der Waals surface area (Å²) in [5, 5.41) is 9.18. The Balaban J connectivity index is 0.000000241. The monoisotopic (exact) mass is 914 g/mol. The molecule has 0 saturated carbocycles. The van der Waals surface area contributed by atoms with Crippen molar-refractivity contribution in [3.8, 4) is 23.0 Å². The first-order valence-electron chi connectivity index (χ1n) is 19.7. The Bertz CT molecular complexity index is 2700. The molecule has 16 nitrogen and oxygen atoms in total. The van der Waals surface area contributed by atoms with Crippen LogP contribution in [0.25, 0.3) is 0 Å². The molecular formula is C46H50N4O12S2. The van der Waals surface area contributed by atoms with Gasteiger partial charge in [0, 0.05) is 57.3 Å². The van der Waals surface area contributed by atoms with Gasteiger partial charge >= 0.3 is 0 Å². The van der Waals surface area contributed by atoms with Crippen LogP contribution in [0.5, 0.6) is 23.0 Å². The molecule has 0 aliphatic rings. The summed E-state index contributed by atoms with van der Waals surface area (Å²) in [7, 11) is -1.70. The molecule has 0 bridgehead atoms. The van der Waals surface area contributed by atoms with Gasteiger partial charge < -0.3 is 38.0 Å². The van der Waals surface area contributed by atoms with Crippen LogP contribution in [0.3, 0.4) is 0 Å². The lowest BCUT2D eigenvalue weighted by Crippen LogP contribution is -2.31. The van der Waals surface area contributed by atoms with E-state index in [0.717, 1.165) is 32.9 Å². The fraction of sp³-hybridized carbons (Fsp3) is 0.239. The summed E-state index contributed by atoms with van der Waals surface area (Å²) in [5.74, 6) is 2.68. The van der Waals surface area contributed by atoms with Gasteiger partial charge in [-0.05, 0) is 82.9 Å². The number of aliphatic hydroxyl groups excluding tert-OH is 1. The number of carbonyl (C=O) groups excluding carboxylic acids is 1. The first kappa shape index (κ1) is 48.5. The molecule has 0 spiro atoms. The first-order chi connectivity index (χ1) is 30.7. The summed E-state index contributed by atoms with van der Waals surface area (Å²) < 4.78 is 79.8. The largest absolute Gasteiger partial charge is 0.497 e. The van der Waals surface area contributed by atoms with E-state index in [1.165, 1.54) is 43.8 Å². The average Bonchev–Trinajstić information content (AvgIpc) is 3.31. The standard InChI is InChI=1S/C23H26N2O6S.C23H24N2O6S/c2*1-30-20-7-3-18(4-8-20)15-25(16-19-5-9-21(31-2)10-6-19)32(28,29)22-11-12-23(27)24(17-22)13-14-26/h3-12,17,26H,13-16H2,1-2H3;3-12,14,17H,13,15-16H2,1-2H3. The lowest BCUT2D eigenvalue weighted by Gasteiger charge is -2.23. The van der Waals surface area contributed by atoms with Crippen LogP contribution in [0, 0.1) is 0 Å². The van der Waals surface area contributed by atoms with Crippen molar-refractivity contribution in [2.24, 2.45) is 0 Å². The topological polar surface area (TPSA) is 193 Å². The number of aliphatic hydroxyl groups is 1. The quantitative estimate of drug-likeness (QED) is 0.104. The SMILES string of the molecule is COc1ccc(CN(Cc2ccc(OC)cc2)S(=O)(=O)c2ccc(=O)n(CC=O)c2)cc1.COc1ccc(CN(Cc2ccc(OC)cc2)S(=O)(=O)c2ccc(=O)n(CCO)c2)cc1. The van der Waals surface area contributed by atoms with E-state index in [-0.39, 0.29) is 61.2 Å². The summed E-state index contributed by atoms with van der Waals surface area (Å²) in [4.78, 5) is 34.7. The maximum absolute atomic E-state index is 13.6. The summed E-state index contributed by atoms with van der Waals surface area (Å²) in [6.45, 7) is -0.0333. The Morgan fingerprint density at radius 2 is 0.781 bits per heavy atom. The summed E-state index contributed by atoms with van der Waals surface area (Å²) in [6, 6.07) is 33.4. The number of carbonyl (C=O) groups is 1. The summed E-state index contributed by atoms with van der Waals surface area (Å²) in [5.41, 5.74) is 2.27. The van der Waals surface area contributed by atoms with Gasteiger partial charge in [0.1, 0.15) is 29.3 Å². The molecule has 4 aromatic carbocycles. The predicted molar refractivity (Wildman–Crippen MR) is 239 cm³/mol. The minimum Gasteiger partial charge on any atom is -0.497 e. The van der Waals surface area contributed by atoms with Crippen LogP contribution in [-0.2, 0) is 64.1 Å². The van der Waals surface area contributed by atoms with E-state index in [0.29, 0.717) is 29.3 Å². The van der Waals surface area contributed by atoms with Crippen molar-refractivity contribution in [1.82, 2.24) is 17.7 Å². The van der Waals surface area contributed by atoms with Crippen LogP contribution < -0.4 is 30.1 Å². The van der Waals surface area contributed by atoms with E-state index < -0.39 is 25.6 Å². The number of benzene rings is 4. The van der Waals surface area contributed by atoms with E-state index >= 15 is 0 Å². The molecule has 2 aromatic heterocycles. The zero-order valence-electron chi connectivity index (χ0n) is 35.8. The molecule has 0 saturated heterocycles. The minimum atomic E-state index is -3.99. The Hall–Kier alpha value is -6.57. The van der Waals surface area contributed by atoms with Crippen LogP contribution in [0.4, 0.5) is 0 Å². The fourth-order valence-corrected chi connectivity index (χ4v) is 9.19. The van der Waals surface area contributed by atoms with Gasteiger partial charge in [-0.15, -0.1) is 0 Å². The Kier molecular flexibility index (Phi) is 17.2. The average molecular weight is 915 g/mol. The van der Waals surface area contributed by atoms with E-state index in [1.807, 2.05) is 24.3 Å². The Morgan fingerprint density at radius 3 is 1.06 bits per heavy atom. The Morgan fingerprint density at radius 1 is 0.484 bits per heavy atom. The molecule has 18 heteroatoms. The number of nitrogens with zero attached hydrogens (tertiary/aromatic N) is 4. The highest BCUT2D eigenvalue weighted by atomic mass is 32.2. The van der Waals surface area contributed by atoms with Crippen LogP contribution >= 0.6 is 0 Å². The highest BCUT2D eigenvalue weighted by molar-refractivity contribution is 7.89.